The van der Waals surface area contributed by atoms with Crippen LogP contribution in [0.1, 0.15) is 17.0 Å². The summed E-state index contributed by atoms with van der Waals surface area (Å²) in [5, 5.41) is 4.18. The van der Waals surface area contributed by atoms with Crippen LogP contribution in [0.3, 0.4) is 0 Å². The summed E-state index contributed by atoms with van der Waals surface area (Å²) in [6.07, 6.45) is 0. The lowest BCUT2D eigenvalue weighted by molar-refractivity contribution is 0.166. The third kappa shape index (κ3) is 1.94. The second-order valence-electron chi connectivity index (χ2n) is 4.10. The summed E-state index contributed by atoms with van der Waals surface area (Å²) in [4.78, 5) is 5.27. The van der Waals surface area contributed by atoms with Gasteiger partial charge in [0.15, 0.2) is 0 Å². The van der Waals surface area contributed by atoms with Crippen LogP contribution in [0.25, 0.3) is 0 Å². The highest BCUT2D eigenvalue weighted by molar-refractivity contribution is 6.05. The van der Waals surface area contributed by atoms with Crippen molar-refractivity contribution in [3.8, 4) is 0 Å². The van der Waals surface area contributed by atoms with Crippen molar-refractivity contribution in [1.82, 2.24) is 0 Å². The van der Waals surface area contributed by atoms with Crippen LogP contribution in [0.4, 0.5) is 0 Å². The Morgan fingerprint density at radius 2 is 1.53 bits per heavy atom. The van der Waals surface area contributed by atoms with Crippen molar-refractivity contribution < 1.29 is 4.84 Å². The topological polar surface area (TPSA) is 21.6 Å². The van der Waals surface area contributed by atoms with Gasteiger partial charge in [0.25, 0.3) is 0 Å². The van der Waals surface area contributed by atoms with Gasteiger partial charge in [0.05, 0.1) is 11.6 Å². The van der Waals surface area contributed by atoms with Gasteiger partial charge in [-0.25, -0.2) is 0 Å². The molecule has 0 N–H and O–H groups in total. The molecule has 0 aliphatic carbocycles. The van der Waals surface area contributed by atoms with Gasteiger partial charge in [-0.05, 0) is 5.56 Å². The van der Waals surface area contributed by atoms with E-state index in [-0.39, 0.29) is 5.92 Å². The fraction of sp³-hybridized carbons (Fsp3) is 0.133. The van der Waals surface area contributed by atoms with Crippen molar-refractivity contribution in [3.05, 3.63) is 71.8 Å². The number of nitrogens with zero attached hydrogens (tertiary/aromatic N) is 1. The van der Waals surface area contributed by atoms with Crippen molar-refractivity contribution in [3.63, 3.8) is 0 Å². The summed E-state index contributed by atoms with van der Waals surface area (Å²) >= 11 is 0. The Labute approximate surface area is 101 Å². The molecular weight excluding hydrogens is 210 g/mol. The summed E-state index contributed by atoms with van der Waals surface area (Å²) in [6.45, 7) is 0.633. The van der Waals surface area contributed by atoms with Crippen LogP contribution in [0.2, 0.25) is 0 Å². The molecule has 2 nitrogen and oxygen atoms in total. The van der Waals surface area contributed by atoms with Crippen molar-refractivity contribution >= 4 is 5.71 Å². The summed E-state index contributed by atoms with van der Waals surface area (Å²) in [5.74, 6) is 0.249. The number of benzene rings is 2. The van der Waals surface area contributed by atoms with Gasteiger partial charge in [0.1, 0.15) is 6.61 Å². The molecule has 2 heteroatoms. The fourth-order valence-electron chi connectivity index (χ4n) is 2.13. The van der Waals surface area contributed by atoms with E-state index in [1.54, 1.807) is 0 Å². The first-order valence-corrected chi connectivity index (χ1v) is 5.75. The first-order chi connectivity index (χ1) is 8.45. The average molecular weight is 223 g/mol. The Hall–Kier alpha value is -2.09. The molecule has 0 saturated heterocycles. The lowest BCUT2D eigenvalue weighted by Gasteiger charge is -2.10. The molecule has 2 aromatic rings. The summed E-state index contributed by atoms with van der Waals surface area (Å²) in [7, 11) is 0. The van der Waals surface area contributed by atoms with Gasteiger partial charge in [-0.15, -0.1) is 0 Å². The lowest BCUT2D eigenvalue weighted by Crippen LogP contribution is -2.12. The second kappa shape index (κ2) is 4.42. The van der Waals surface area contributed by atoms with Crippen molar-refractivity contribution in [1.29, 1.82) is 0 Å². The molecule has 0 unspecified atom stereocenters. The molecule has 3 rings (SSSR count). The van der Waals surface area contributed by atoms with Gasteiger partial charge >= 0.3 is 0 Å². The molecule has 17 heavy (non-hydrogen) atoms. The molecule has 0 spiro atoms. The fourth-order valence-corrected chi connectivity index (χ4v) is 2.13. The van der Waals surface area contributed by atoms with E-state index in [9.17, 15) is 0 Å². The molecular formula is C15H13NO. The second-order valence-corrected chi connectivity index (χ2v) is 4.10. The third-order valence-corrected chi connectivity index (χ3v) is 3.01. The molecule has 0 fully saturated rings. The highest BCUT2D eigenvalue weighted by Crippen LogP contribution is 2.26. The molecule has 0 radical (unpaired) electrons. The molecule has 0 amide bonds. The maximum absolute atomic E-state index is 5.27. The van der Waals surface area contributed by atoms with Crippen LogP contribution in [0, 0.1) is 0 Å². The standard InChI is InChI=1S/C15H13NO/c1-3-7-12(8-4-1)14-11-17-16-15(14)13-9-5-2-6-10-13/h1-10,14H,11H2/t14-/m1/s1. The van der Waals surface area contributed by atoms with E-state index in [1.165, 1.54) is 5.56 Å². The van der Waals surface area contributed by atoms with Crippen molar-refractivity contribution in [2.24, 2.45) is 5.16 Å². The van der Waals surface area contributed by atoms with E-state index in [0.717, 1.165) is 11.3 Å². The number of hydrogen-bond donors (Lipinski definition) is 0. The number of hydrogen-bond acceptors (Lipinski definition) is 2. The van der Waals surface area contributed by atoms with Crippen LogP contribution in [0.15, 0.2) is 65.8 Å². The maximum atomic E-state index is 5.27. The van der Waals surface area contributed by atoms with E-state index in [2.05, 4.69) is 41.6 Å². The molecule has 1 aliphatic heterocycles. The minimum absolute atomic E-state index is 0.249. The monoisotopic (exact) mass is 223 g/mol. The number of rotatable bonds is 2. The highest BCUT2D eigenvalue weighted by Gasteiger charge is 2.25. The Morgan fingerprint density at radius 3 is 2.24 bits per heavy atom. The van der Waals surface area contributed by atoms with Gasteiger partial charge in [0, 0.05) is 5.56 Å². The van der Waals surface area contributed by atoms with E-state index < -0.39 is 0 Å². The average Bonchev–Trinajstić information content (AvgIpc) is 2.90. The minimum atomic E-state index is 0.249. The molecule has 1 aliphatic rings. The molecule has 0 bridgehead atoms. The zero-order chi connectivity index (χ0) is 11.5. The molecule has 0 saturated carbocycles. The van der Waals surface area contributed by atoms with E-state index in [1.807, 2.05) is 24.3 Å². The van der Waals surface area contributed by atoms with Gasteiger partial charge in [-0.3, -0.25) is 0 Å². The quantitative estimate of drug-likeness (QED) is 0.766. The predicted molar refractivity (Wildman–Crippen MR) is 68.1 cm³/mol. The van der Waals surface area contributed by atoms with E-state index >= 15 is 0 Å². The maximum Gasteiger partial charge on any atom is 0.129 e. The summed E-state index contributed by atoms with van der Waals surface area (Å²) in [6, 6.07) is 20.6. The van der Waals surface area contributed by atoms with E-state index in [0.29, 0.717) is 6.61 Å². The molecule has 2 aromatic carbocycles. The van der Waals surface area contributed by atoms with Crippen LogP contribution >= 0.6 is 0 Å². The van der Waals surface area contributed by atoms with Crippen molar-refractivity contribution in [2.75, 3.05) is 6.61 Å². The van der Waals surface area contributed by atoms with Gasteiger partial charge in [-0.1, -0.05) is 65.8 Å². The van der Waals surface area contributed by atoms with Gasteiger partial charge in [-0.2, -0.15) is 0 Å². The largest absolute Gasteiger partial charge is 0.394 e. The Bertz CT molecular complexity index is 519. The van der Waals surface area contributed by atoms with Crippen LogP contribution in [-0.4, -0.2) is 12.3 Å². The Kier molecular flexibility index (Phi) is 2.62. The van der Waals surface area contributed by atoms with Crippen LogP contribution < -0.4 is 0 Å². The van der Waals surface area contributed by atoms with Crippen molar-refractivity contribution in [2.45, 2.75) is 5.92 Å². The number of oxime groups is 1. The molecule has 84 valence electrons. The van der Waals surface area contributed by atoms with E-state index in [4.69, 9.17) is 4.84 Å². The molecule has 1 heterocycles. The summed E-state index contributed by atoms with van der Waals surface area (Å²) < 4.78 is 0. The van der Waals surface area contributed by atoms with Gasteiger partial charge < -0.3 is 4.84 Å². The smallest absolute Gasteiger partial charge is 0.129 e. The Balaban J connectivity index is 1.96. The predicted octanol–water partition coefficient (Wildman–Crippen LogP) is 3.20. The normalized spacial score (nSPS) is 18.6. The third-order valence-electron chi connectivity index (χ3n) is 3.01. The zero-order valence-electron chi connectivity index (χ0n) is 9.41. The Morgan fingerprint density at radius 1 is 0.882 bits per heavy atom. The van der Waals surface area contributed by atoms with Crippen LogP contribution in [0.5, 0.6) is 0 Å². The van der Waals surface area contributed by atoms with Gasteiger partial charge in [0.2, 0.25) is 0 Å². The minimum Gasteiger partial charge on any atom is -0.394 e. The first-order valence-electron chi connectivity index (χ1n) is 5.75. The summed E-state index contributed by atoms with van der Waals surface area (Å²) in [5.41, 5.74) is 3.42. The van der Waals surface area contributed by atoms with Crippen LogP contribution in [-0.2, 0) is 4.84 Å². The lowest BCUT2D eigenvalue weighted by atomic mass is 9.91. The highest BCUT2D eigenvalue weighted by atomic mass is 16.6. The molecule has 1 atom stereocenters. The first kappa shape index (κ1) is 10.1. The SMILES string of the molecule is c1ccc(C2=NOC[C@@H]2c2ccccc2)cc1. The molecule has 0 aromatic heterocycles. The zero-order valence-corrected chi connectivity index (χ0v) is 9.41.